The highest BCUT2D eigenvalue weighted by molar-refractivity contribution is 8.13. The summed E-state index contributed by atoms with van der Waals surface area (Å²) < 4.78 is 0. The van der Waals surface area contributed by atoms with Gasteiger partial charge in [-0.2, -0.15) is 0 Å². The Bertz CT molecular complexity index is 471. The van der Waals surface area contributed by atoms with Gasteiger partial charge in [-0.1, -0.05) is 38.1 Å². The zero-order chi connectivity index (χ0) is 16.8. The first-order valence-electron chi connectivity index (χ1n) is 7.61. The number of unbranched alkanes of at least 4 members (excludes halogenated alkanes) is 3. The first-order valence-corrected chi connectivity index (χ1v) is 8.60. The molecule has 1 unspecified atom stereocenters. The summed E-state index contributed by atoms with van der Waals surface area (Å²) in [6.07, 6.45) is 5.71. The zero-order valence-electron chi connectivity index (χ0n) is 13.5. The highest BCUT2D eigenvalue weighted by Crippen LogP contribution is 2.51. The fourth-order valence-corrected chi connectivity index (χ4v) is 2.85. The minimum Gasteiger partial charge on any atom is -0.477 e. The number of hydrogen-bond acceptors (Lipinski definition) is 4. The molecule has 0 bridgehead atoms. The van der Waals surface area contributed by atoms with E-state index in [2.05, 4.69) is 5.32 Å². The lowest BCUT2D eigenvalue weighted by Gasteiger charge is -2.07. The van der Waals surface area contributed by atoms with E-state index in [4.69, 9.17) is 5.11 Å². The molecule has 1 aliphatic rings. The predicted molar refractivity (Wildman–Crippen MR) is 87.4 cm³/mol. The fraction of sp³-hybridized carbons (Fsp3) is 0.688. The molecule has 6 heteroatoms. The van der Waals surface area contributed by atoms with E-state index in [0.717, 1.165) is 31.4 Å². The standard InChI is InChI=1S/C16H25NO4S/c1-11(18)22-9-7-5-4-6-8-13(15(20)21)17-14(19)12-10-16(12,2)3/h8,12H,4-7,9-10H2,1-3H3,(H,17,19)(H,20,21)/b13-8+. The van der Waals surface area contributed by atoms with Crippen molar-refractivity contribution in [3.05, 3.63) is 11.8 Å². The van der Waals surface area contributed by atoms with Crippen molar-refractivity contribution in [2.75, 3.05) is 5.75 Å². The number of amides is 1. The third kappa shape index (κ3) is 6.64. The van der Waals surface area contributed by atoms with Crippen LogP contribution in [0.1, 0.15) is 52.9 Å². The van der Waals surface area contributed by atoms with Crippen LogP contribution in [0.3, 0.4) is 0 Å². The van der Waals surface area contributed by atoms with Crippen LogP contribution in [0, 0.1) is 11.3 Å². The molecular weight excluding hydrogens is 302 g/mol. The zero-order valence-corrected chi connectivity index (χ0v) is 14.3. The topological polar surface area (TPSA) is 83.5 Å². The molecule has 1 fully saturated rings. The minimum atomic E-state index is -1.10. The molecule has 0 saturated heterocycles. The molecule has 2 N–H and O–H groups in total. The smallest absolute Gasteiger partial charge is 0.352 e. The van der Waals surface area contributed by atoms with Gasteiger partial charge in [0.2, 0.25) is 5.91 Å². The van der Waals surface area contributed by atoms with Crippen molar-refractivity contribution < 1.29 is 19.5 Å². The molecule has 0 radical (unpaired) electrons. The number of rotatable bonds is 9. The van der Waals surface area contributed by atoms with Gasteiger partial charge in [0.1, 0.15) is 5.70 Å². The number of allylic oxidation sites excluding steroid dienone is 1. The van der Waals surface area contributed by atoms with Crippen LogP contribution in [0.2, 0.25) is 0 Å². The summed E-state index contributed by atoms with van der Waals surface area (Å²) in [7, 11) is 0. The Morgan fingerprint density at radius 2 is 1.91 bits per heavy atom. The Morgan fingerprint density at radius 1 is 1.27 bits per heavy atom. The second kappa shape index (κ2) is 8.36. The average molecular weight is 327 g/mol. The number of carboxylic acids is 1. The Morgan fingerprint density at radius 3 is 2.41 bits per heavy atom. The number of aliphatic carboxylic acids is 1. The maximum absolute atomic E-state index is 11.9. The van der Waals surface area contributed by atoms with Crippen molar-refractivity contribution in [2.45, 2.75) is 52.9 Å². The van der Waals surface area contributed by atoms with E-state index in [9.17, 15) is 14.4 Å². The molecule has 22 heavy (non-hydrogen) atoms. The second-order valence-electron chi connectivity index (χ2n) is 6.35. The lowest BCUT2D eigenvalue weighted by molar-refractivity contribution is -0.135. The van der Waals surface area contributed by atoms with Gasteiger partial charge in [0.15, 0.2) is 5.12 Å². The summed E-state index contributed by atoms with van der Waals surface area (Å²) in [6.45, 7) is 5.55. The van der Waals surface area contributed by atoms with E-state index in [1.54, 1.807) is 13.0 Å². The van der Waals surface area contributed by atoms with Gasteiger partial charge in [-0.3, -0.25) is 9.59 Å². The van der Waals surface area contributed by atoms with E-state index in [1.807, 2.05) is 13.8 Å². The Labute approximate surface area is 135 Å². The second-order valence-corrected chi connectivity index (χ2v) is 7.62. The molecule has 1 rings (SSSR count). The minimum absolute atomic E-state index is 0.0118. The molecule has 124 valence electrons. The van der Waals surface area contributed by atoms with Crippen LogP contribution >= 0.6 is 11.8 Å². The Kier molecular flexibility index (Phi) is 7.13. The maximum atomic E-state index is 11.9. The van der Waals surface area contributed by atoms with Gasteiger partial charge in [0.05, 0.1) is 0 Å². The van der Waals surface area contributed by atoms with E-state index in [-0.39, 0.29) is 28.1 Å². The van der Waals surface area contributed by atoms with Crippen LogP contribution in [0.15, 0.2) is 11.8 Å². The monoisotopic (exact) mass is 327 g/mol. The molecule has 1 saturated carbocycles. The van der Waals surface area contributed by atoms with Gasteiger partial charge in [0, 0.05) is 18.6 Å². The van der Waals surface area contributed by atoms with Crippen LogP contribution in [0.25, 0.3) is 0 Å². The van der Waals surface area contributed by atoms with E-state index >= 15 is 0 Å². The SMILES string of the molecule is CC(=O)SCCCCC/C=C(/NC(=O)C1CC1(C)C)C(=O)O. The van der Waals surface area contributed by atoms with E-state index in [0.29, 0.717) is 6.42 Å². The van der Waals surface area contributed by atoms with E-state index in [1.165, 1.54) is 11.8 Å². The number of carbonyl (C=O) groups is 3. The van der Waals surface area contributed by atoms with Crippen LogP contribution in [0.5, 0.6) is 0 Å². The molecule has 0 heterocycles. The highest BCUT2D eigenvalue weighted by Gasteiger charge is 2.50. The van der Waals surface area contributed by atoms with Gasteiger partial charge in [-0.05, 0) is 31.1 Å². The van der Waals surface area contributed by atoms with Gasteiger partial charge < -0.3 is 10.4 Å². The molecule has 1 aliphatic carbocycles. The Balaban J connectivity index is 2.29. The molecule has 0 spiro atoms. The number of nitrogens with one attached hydrogen (secondary N) is 1. The maximum Gasteiger partial charge on any atom is 0.352 e. The first-order chi connectivity index (χ1) is 10.2. The van der Waals surface area contributed by atoms with Crippen LogP contribution in [0.4, 0.5) is 0 Å². The molecule has 0 aliphatic heterocycles. The molecule has 0 aromatic carbocycles. The van der Waals surface area contributed by atoms with Crippen LogP contribution in [-0.4, -0.2) is 27.9 Å². The molecule has 0 aromatic heterocycles. The lowest BCUT2D eigenvalue weighted by atomic mass is 10.1. The van der Waals surface area contributed by atoms with E-state index < -0.39 is 5.97 Å². The van der Waals surface area contributed by atoms with Crippen molar-refractivity contribution in [3.63, 3.8) is 0 Å². The summed E-state index contributed by atoms with van der Waals surface area (Å²) in [5, 5.41) is 11.8. The predicted octanol–water partition coefficient (Wildman–Crippen LogP) is 2.96. The number of hydrogen-bond donors (Lipinski definition) is 2. The van der Waals surface area contributed by atoms with Crippen molar-refractivity contribution >= 4 is 28.8 Å². The average Bonchev–Trinajstić information content (AvgIpc) is 3.04. The molecule has 5 nitrogen and oxygen atoms in total. The van der Waals surface area contributed by atoms with Crippen LogP contribution in [-0.2, 0) is 14.4 Å². The lowest BCUT2D eigenvalue weighted by Crippen LogP contribution is -2.29. The van der Waals surface area contributed by atoms with Crippen molar-refractivity contribution in [2.24, 2.45) is 11.3 Å². The van der Waals surface area contributed by atoms with Gasteiger partial charge in [-0.15, -0.1) is 0 Å². The highest BCUT2D eigenvalue weighted by atomic mass is 32.2. The summed E-state index contributed by atoms with van der Waals surface area (Å²) in [5.41, 5.74) is -0.0342. The summed E-state index contributed by atoms with van der Waals surface area (Å²) in [4.78, 5) is 33.8. The van der Waals surface area contributed by atoms with Gasteiger partial charge >= 0.3 is 5.97 Å². The normalized spacial score (nSPS) is 19.6. The third-order valence-corrected chi connectivity index (χ3v) is 4.72. The summed E-state index contributed by atoms with van der Waals surface area (Å²) in [6, 6.07) is 0. The molecule has 1 atom stereocenters. The van der Waals surface area contributed by atoms with Crippen LogP contribution < -0.4 is 5.32 Å². The number of carboxylic acid groups (broad SMARTS) is 1. The van der Waals surface area contributed by atoms with Crippen molar-refractivity contribution in [3.8, 4) is 0 Å². The fourth-order valence-electron chi connectivity index (χ4n) is 2.21. The quantitative estimate of drug-likeness (QED) is 0.502. The molecule has 0 aromatic rings. The Hall–Kier alpha value is -1.30. The van der Waals surface area contributed by atoms with Gasteiger partial charge in [-0.25, -0.2) is 4.79 Å². The number of carbonyl (C=O) groups excluding carboxylic acids is 2. The largest absolute Gasteiger partial charge is 0.477 e. The van der Waals surface area contributed by atoms with Crippen molar-refractivity contribution in [1.29, 1.82) is 0 Å². The molecular formula is C16H25NO4S. The summed E-state index contributed by atoms with van der Waals surface area (Å²) in [5.74, 6) is -0.576. The summed E-state index contributed by atoms with van der Waals surface area (Å²) >= 11 is 1.31. The molecule has 1 amide bonds. The number of thioether (sulfide) groups is 1. The van der Waals surface area contributed by atoms with Crippen molar-refractivity contribution in [1.82, 2.24) is 5.32 Å². The van der Waals surface area contributed by atoms with Gasteiger partial charge in [0.25, 0.3) is 0 Å². The first kappa shape index (κ1) is 18.7. The third-order valence-electron chi connectivity index (χ3n) is 3.82.